The summed E-state index contributed by atoms with van der Waals surface area (Å²) in [5.74, 6) is -0.829. The van der Waals surface area contributed by atoms with Gasteiger partial charge in [-0.3, -0.25) is 19.0 Å². The maximum Gasteiger partial charge on any atom is 0.266 e. The van der Waals surface area contributed by atoms with Gasteiger partial charge < -0.3 is 11.1 Å². The number of primary amides is 1. The lowest BCUT2D eigenvalue weighted by Gasteiger charge is -2.16. The second kappa shape index (κ2) is 9.48. The van der Waals surface area contributed by atoms with Crippen LogP contribution in [0.4, 0.5) is 5.69 Å². The van der Waals surface area contributed by atoms with Gasteiger partial charge in [0.25, 0.3) is 5.56 Å². The van der Waals surface area contributed by atoms with Crippen molar-refractivity contribution in [3.8, 4) is 5.69 Å². The molecule has 0 aliphatic heterocycles. The van der Waals surface area contributed by atoms with E-state index in [1.54, 1.807) is 67.6 Å². The molecule has 0 saturated carbocycles. The van der Waals surface area contributed by atoms with E-state index in [1.807, 2.05) is 0 Å². The zero-order valence-electron chi connectivity index (χ0n) is 17.5. The molecule has 0 fully saturated rings. The van der Waals surface area contributed by atoms with E-state index < -0.39 is 11.2 Å². The van der Waals surface area contributed by atoms with Gasteiger partial charge in [-0.05, 0) is 61.5 Å². The highest BCUT2D eigenvalue weighted by Gasteiger charge is 2.20. The molecule has 0 saturated heterocycles. The molecule has 0 aliphatic rings. The van der Waals surface area contributed by atoms with E-state index in [4.69, 9.17) is 17.3 Å². The number of para-hydroxylation sites is 1. The summed E-state index contributed by atoms with van der Waals surface area (Å²) < 4.78 is 1.46. The summed E-state index contributed by atoms with van der Waals surface area (Å²) in [5.41, 5.74) is 6.97. The second-order valence-corrected chi connectivity index (χ2v) is 8.97. The van der Waals surface area contributed by atoms with E-state index in [0.29, 0.717) is 38.0 Å². The van der Waals surface area contributed by atoms with Crippen LogP contribution >= 0.6 is 23.4 Å². The molecule has 1 unspecified atom stereocenters. The Morgan fingerprint density at radius 1 is 1.06 bits per heavy atom. The Hall–Kier alpha value is -3.62. The van der Waals surface area contributed by atoms with Crippen LogP contribution in [-0.2, 0) is 4.79 Å². The highest BCUT2D eigenvalue weighted by molar-refractivity contribution is 8.00. The zero-order valence-corrected chi connectivity index (χ0v) is 19.1. The molecule has 9 heteroatoms. The number of aromatic nitrogens is 2. The smallest absolute Gasteiger partial charge is 0.266 e. The number of thioether (sulfide) groups is 1. The number of hydrogen-bond acceptors (Lipinski definition) is 5. The molecule has 0 bridgehead atoms. The monoisotopic (exact) mass is 478 g/mol. The van der Waals surface area contributed by atoms with Crippen molar-refractivity contribution >= 4 is 51.8 Å². The van der Waals surface area contributed by atoms with Crippen LogP contribution in [0.1, 0.15) is 17.3 Å². The molecule has 3 N–H and O–H groups in total. The van der Waals surface area contributed by atoms with Gasteiger partial charge in [0.05, 0.1) is 21.8 Å². The van der Waals surface area contributed by atoms with Gasteiger partial charge in [-0.1, -0.05) is 41.6 Å². The molecule has 166 valence electrons. The van der Waals surface area contributed by atoms with Gasteiger partial charge >= 0.3 is 0 Å². The van der Waals surface area contributed by atoms with E-state index in [0.717, 1.165) is 11.8 Å². The van der Waals surface area contributed by atoms with Crippen LogP contribution in [0.5, 0.6) is 0 Å². The fraction of sp³-hybridized carbons (Fsp3) is 0.0833. The minimum atomic E-state index is -0.584. The van der Waals surface area contributed by atoms with Crippen molar-refractivity contribution in [3.05, 3.63) is 93.7 Å². The fourth-order valence-electron chi connectivity index (χ4n) is 3.21. The molecule has 4 rings (SSSR count). The molecule has 1 heterocycles. The van der Waals surface area contributed by atoms with Crippen molar-refractivity contribution < 1.29 is 9.59 Å². The highest BCUT2D eigenvalue weighted by atomic mass is 35.5. The molecule has 3 aromatic carbocycles. The standard InChI is InChI=1S/C24H19ClN4O3S/c1-14(22(31)27-17-11-9-15(10-12-17)21(26)30)33-24-28-20-8-3-2-7-19(20)23(32)29(24)18-6-4-5-16(25)13-18/h2-14H,1H3,(H2,26,30)(H,27,31). The molecular weight excluding hydrogens is 460 g/mol. The van der Waals surface area contributed by atoms with Gasteiger partial charge in [0, 0.05) is 16.3 Å². The molecule has 0 radical (unpaired) electrons. The van der Waals surface area contributed by atoms with E-state index >= 15 is 0 Å². The number of rotatable bonds is 6. The lowest BCUT2D eigenvalue weighted by atomic mass is 10.2. The van der Waals surface area contributed by atoms with Crippen molar-refractivity contribution in [2.75, 3.05) is 5.32 Å². The number of anilines is 1. The highest BCUT2D eigenvalue weighted by Crippen LogP contribution is 2.27. The van der Waals surface area contributed by atoms with Crippen LogP contribution in [0.25, 0.3) is 16.6 Å². The number of nitrogens with zero attached hydrogens (tertiary/aromatic N) is 2. The molecule has 2 amide bonds. The van der Waals surface area contributed by atoms with Crippen LogP contribution in [-0.4, -0.2) is 26.6 Å². The van der Waals surface area contributed by atoms with Gasteiger partial charge in [-0.15, -0.1) is 0 Å². The van der Waals surface area contributed by atoms with E-state index in [-0.39, 0.29) is 11.5 Å². The normalized spacial score (nSPS) is 11.8. The summed E-state index contributed by atoms with van der Waals surface area (Å²) in [7, 11) is 0. The summed E-state index contributed by atoms with van der Waals surface area (Å²) >= 11 is 7.32. The topological polar surface area (TPSA) is 107 Å². The van der Waals surface area contributed by atoms with Crippen LogP contribution in [0.2, 0.25) is 5.02 Å². The van der Waals surface area contributed by atoms with Gasteiger partial charge in [-0.2, -0.15) is 0 Å². The van der Waals surface area contributed by atoms with E-state index in [2.05, 4.69) is 10.3 Å². The average molecular weight is 479 g/mol. The first kappa shape index (κ1) is 22.6. The number of nitrogens with two attached hydrogens (primary N) is 1. The Labute approximate surface area is 198 Å². The second-order valence-electron chi connectivity index (χ2n) is 7.22. The predicted molar refractivity (Wildman–Crippen MR) is 131 cm³/mol. The number of amides is 2. The molecule has 7 nitrogen and oxygen atoms in total. The molecule has 0 aliphatic carbocycles. The van der Waals surface area contributed by atoms with Crippen LogP contribution in [0.15, 0.2) is 82.7 Å². The van der Waals surface area contributed by atoms with Gasteiger partial charge in [0.1, 0.15) is 0 Å². The number of carbonyl (C=O) groups is 2. The van der Waals surface area contributed by atoms with Crippen LogP contribution < -0.4 is 16.6 Å². The lowest BCUT2D eigenvalue weighted by Crippen LogP contribution is -2.26. The third kappa shape index (κ3) is 4.92. The number of nitrogens with one attached hydrogen (secondary N) is 1. The first-order chi connectivity index (χ1) is 15.8. The zero-order chi connectivity index (χ0) is 23.5. The Balaban J connectivity index is 1.67. The first-order valence-electron chi connectivity index (χ1n) is 9.98. The number of hydrogen-bond donors (Lipinski definition) is 2. The van der Waals surface area contributed by atoms with Gasteiger partial charge in [0.15, 0.2) is 5.16 Å². The van der Waals surface area contributed by atoms with Gasteiger partial charge in [0.2, 0.25) is 11.8 Å². The molecule has 33 heavy (non-hydrogen) atoms. The van der Waals surface area contributed by atoms with Crippen molar-refractivity contribution in [2.45, 2.75) is 17.3 Å². The Kier molecular flexibility index (Phi) is 6.48. The van der Waals surface area contributed by atoms with Gasteiger partial charge in [-0.25, -0.2) is 4.98 Å². The largest absolute Gasteiger partial charge is 0.366 e. The summed E-state index contributed by atoms with van der Waals surface area (Å²) in [6, 6.07) is 20.2. The maximum atomic E-state index is 13.3. The maximum absolute atomic E-state index is 13.3. The Morgan fingerprint density at radius 3 is 2.48 bits per heavy atom. The average Bonchev–Trinajstić information content (AvgIpc) is 2.79. The first-order valence-corrected chi connectivity index (χ1v) is 11.2. The number of carbonyl (C=O) groups excluding carboxylic acids is 2. The summed E-state index contributed by atoms with van der Waals surface area (Å²) in [5, 5.41) is 3.53. The minimum absolute atomic E-state index is 0.250. The Morgan fingerprint density at radius 2 is 1.79 bits per heavy atom. The molecule has 1 aromatic heterocycles. The summed E-state index contributed by atoms with van der Waals surface area (Å²) in [4.78, 5) is 42.0. The fourth-order valence-corrected chi connectivity index (χ4v) is 4.32. The quantitative estimate of drug-likeness (QED) is 0.318. The van der Waals surface area contributed by atoms with Crippen LogP contribution in [0, 0.1) is 0 Å². The summed E-state index contributed by atoms with van der Waals surface area (Å²) in [6.07, 6.45) is 0. The SMILES string of the molecule is CC(Sc1nc2ccccc2c(=O)n1-c1cccc(Cl)c1)C(=O)Nc1ccc(C(N)=O)cc1. The third-order valence-electron chi connectivity index (χ3n) is 4.90. The molecule has 4 aromatic rings. The molecular formula is C24H19ClN4O3S. The number of benzene rings is 3. The predicted octanol–water partition coefficient (Wildman–Crippen LogP) is 4.26. The third-order valence-corrected chi connectivity index (χ3v) is 6.19. The van der Waals surface area contributed by atoms with Crippen molar-refractivity contribution in [3.63, 3.8) is 0 Å². The Bertz CT molecular complexity index is 1420. The number of halogens is 1. The van der Waals surface area contributed by atoms with Crippen molar-refractivity contribution in [1.29, 1.82) is 0 Å². The van der Waals surface area contributed by atoms with E-state index in [9.17, 15) is 14.4 Å². The molecule has 0 spiro atoms. The van der Waals surface area contributed by atoms with Crippen LogP contribution in [0.3, 0.4) is 0 Å². The molecule has 1 atom stereocenters. The minimum Gasteiger partial charge on any atom is -0.366 e. The number of fused-ring (bicyclic) bond motifs is 1. The van der Waals surface area contributed by atoms with E-state index in [1.165, 1.54) is 16.7 Å². The van der Waals surface area contributed by atoms with Crippen molar-refractivity contribution in [1.82, 2.24) is 9.55 Å². The summed E-state index contributed by atoms with van der Waals surface area (Å²) in [6.45, 7) is 1.72. The van der Waals surface area contributed by atoms with Crippen molar-refractivity contribution in [2.24, 2.45) is 5.73 Å². The lowest BCUT2D eigenvalue weighted by molar-refractivity contribution is -0.115.